The van der Waals surface area contributed by atoms with Gasteiger partial charge in [0.2, 0.25) is 0 Å². The van der Waals surface area contributed by atoms with E-state index >= 15 is 0 Å². The van der Waals surface area contributed by atoms with Crippen LogP contribution in [0.2, 0.25) is 0 Å². The second-order valence-electron chi connectivity index (χ2n) is 12.4. The maximum atomic E-state index is 12.3. The van der Waals surface area contributed by atoms with Crippen molar-refractivity contribution in [1.82, 2.24) is 0 Å². The molecular formula is C27H42O2. The van der Waals surface area contributed by atoms with Gasteiger partial charge in [0, 0.05) is 5.41 Å². The van der Waals surface area contributed by atoms with E-state index in [1.165, 1.54) is 51.4 Å². The number of epoxide rings is 1. The van der Waals surface area contributed by atoms with Crippen LogP contribution < -0.4 is 0 Å². The van der Waals surface area contributed by atoms with Crippen LogP contribution in [0.25, 0.3) is 0 Å². The lowest BCUT2D eigenvalue weighted by Gasteiger charge is -2.58. The number of carbonyl (C=O) groups excluding carboxylic acids is 1. The Balaban J connectivity index is 1.34. The third-order valence-electron chi connectivity index (χ3n) is 10.7. The zero-order valence-electron chi connectivity index (χ0n) is 19.4. The first-order chi connectivity index (χ1) is 13.7. The van der Waals surface area contributed by atoms with E-state index in [0.29, 0.717) is 11.3 Å². The Morgan fingerprint density at radius 3 is 2.59 bits per heavy atom. The maximum Gasteiger partial charge on any atom is 0.187 e. The Morgan fingerprint density at radius 1 is 1.03 bits per heavy atom. The van der Waals surface area contributed by atoms with E-state index in [-0.39, 0.29) is 22.9 Å². The van der Waals surface area contributed by atoms with Gasteiger partial charge in [-0.25, -0.2) is 0 Å². The summed E-state index contributed by atoms with van der Waals surface area (Å²) in [6.45, 7) is 12.4. The fourth-order valence-electron chi connectivity index (χ4n) is 9.09. The van der Waals surface area contributed by atoms with Gasteiger partial charge in [0.15, 0.2) is 11.9 Å². The number of fused-ring (bicyclic) bond motifs is 4. The molecule has 0 unspecified atom stereocenters. The van der Waals surface area contributed by atoms with E-state index in [1.54, 1.807) is 0 Å². The molecule has 0 amide bonds. The van der Waals surface area contributed by atoms with Gasteiger partial charge in [0.05, 0.1) is 0 Å². The molecule has 162 valence electrons. The first-order valence-electron chi connectivity index (χ1n) is 12.6. The molecule has 1 spiro atoms. The molecule has 0 bridgehead atoms. The molecule has 29 heavy (non-hydrogen) atoms. The van der Waals surface area contributed by atoms with Crippen molar-refractivity contribution in [3.05, 3.63) is 12.2 Å². The van der Waals surface area contributed by atoms with Gasteiger partial charge in [0.1, 0.15) is 5.60 Å². The summed E-state index contributed by atoms with van der Waals surface area (Å²) >= 11 is 0. The highest BCUT2D eigenvalue weighted by Gasteiger charge is 2.75. The number of ketones is 1. The Hall–Kier alpha value is -0.630. The standard InChI is InChI=1S/C27H42O2/c1-17(2)7-6-8-18(3)20-9-10-21-19-11-16-27-24(29-27)23(28)13-15-26(27,5)22(19)12-14-25(20,21)4/h13,15,17-22,24H,6-12,14,16H2,1-5H3/t18-,19+,20-,21+,22+,24+,25-,26-,27+/m1/s1. The van der Waals surface area contributed by atoms with Crippen molar-refractivity contribution in [3.8, 4) is 0 Å². The van der Waals surface area contributed by atoms with E-state index in [0.717, 1.165) is 36.0 Å². The Kier molecular flexibility index (Phi) is 4.67. The zero-order chi connectivity index (χ0) is 20.6. The first-order valence-corrected chi connectivity index (χ1v) is 12.6. The summed E-state index contributed by atoms with van der Waals surface area (Å²) in [6, 6.07) is 0. The number of ether oxygens (including phenoxy) is 1. The van der Waals surface area contributed by atoms with Gasteiger partial charge in [-0.05, 0) is 85.5 Å². The second-order valence-corrected chi connectivity index (χ2v) is 12.4. The van der Waals surface area contributed by atoms with Gasteiger partial charge in [-0.1, -0.05) is 60.0 Å². The van der Waals surface area contributed by atoms with Crippen molar-refractivity contribution in [1.29, 1.82) is 0 Å². The highest BCUT2D eigenvalue weighted by Crippen LogP contribution is 2.72. The van der Waals surface area contributed by atoms with Crippen LogP contribution in [0, 0.1) is 46.3 Å². The molecule has 4 aliphatic carbocycles. The summed E-state index contributed by atoms with van der Waals surface area (Å²) in [7, 11) is 0. The number of rotatable bonds is 5. The minimum absolute atomic E-state index is 0.0801. The van der Waals surface area contributed by atoms with Crippen molar-refractivity contribution in [2.45, 2.75) is 104 Å². The third kappa shape index (κ3) is 2.73. The molecule has 4 fully saturated rings. The van der Waals surface area contributed by atoms with Crippen LogP contribution in [0.3, 0.4) is 0 Å². The number of hydrogen-bond donors (Lipinski definition) is 0. The molecule has 0 aromatic rings. The molecule has 3 saturated carbocycles. The van der Waals surface area contributed by atoms with Crippen LogP contribution in [0.1, 0.15) is 92.4 Å². The number of carbonyl (C=O) groups is 1. The molecule has 0 radical (unpaired) electrons. The molecular weight excluding hydrogens is 356 g/mol. The lowest BCUT2D eigenvalue weighted by Crippen LogP contribution is -2.56. The van der Waals surface area contributed by atoms with Crippen molar-refractivity contribution in [3.63, 3.8) is 0 Å². The van der Waals surface area contributed by atoms with Gasteiger partial charge in [0.25, 0.3) is 0 Å². The summed E-state index contributed by atoms with van der Waals surface area (Å²) in [5.41, 5.74) is 0.476. The van der Waals surface area contributed by atoms with Gasteiger partial charge in [-0.2, -0.15) is 0 Å². The van der Waals surface area contributed by atoms with Gasteiger partial charge in [-0.3, -0.25) is 4.79 Å². The van der Waals surface area contributed by atoms with Crippen LogP contribution in [0.15, 0.2) is 12.2 Å². The molecule has 1 heterocycles. The fourth-order valence-corrected chi connectivity index (χ4v) is 9.09. The molecule has 2 heteroatoms. The molecule has 1 saturated heterocycles. The maximum absolute atomic E-state index is 12.3. The van der Waals surface area contributed by atoms with Crippen molar-refractivity contribution >= 4 is 5.78 Å². The molecule has 0 aromatic heterocycles. The predicted molar refractivity (Wildman–Crippen MR) is 117 cm³/mol. The van der Waals surface area contributed by atoms with Crippen LogP contribution >= 0.6 is 0 Å². The fraction of sp³-hybridized carbons (Fsp3) is 0.889. The average molecular weight is 399 g/mol. The van der Waals surface area contributed by atoms with Gasteiger partial charge in [-0.15, -0.1) is 0 Å². The monoisotopic (exact) mass is 398 g/mol. The lowest BCUT2D eigenvalue weighted by molar-refractivity contribution is -0.117. The highest BCUT2D eigenvalue weighted by molar-refractivity contribution is 5.98. The van der Waals surface area contributed by atoms with E-state index in [1.807, 2.05) is 6.08 Å². The summed E-state index contributed by atoms with van der Waals surface area (Å²) in [4.78, 5) is 12.3. The Bertz CT molecular complexity index is 709. The Labute approximate surface area is 178 Å². The van der Waals surface area contributed by atoms with Crippen LogP contribution in [-0.2, 0) is 9.53 Å². The Morgan fingerprint density at radius 2 is 1.83 bits per heavy atom. The average Bonchev–Trinajstić information content (AvgIpc) is 3.31. The van der Waals surface area contributed by atoms with E-state index in [2.05, 4.69) is 40.7 Å². The van der Waals surface area contributed by atoms with E-state index in [9.17, 15) is 4.79 Å². The molecule has 5 aliphatic rings. The largest absolute Gasteiger partial charge is 0.356 e. The normalized spacial score (nSPS) is 51.2. The minimum atomic E-state index is -0.143. The zero-order valence-corrected chi connectivity index (χ0v) is 19.4. The topological polar surface area (TPSA) is 29.6 Å². The van der Waals surface area contributed by atoms with Crippen LogP contribution in [0.4, 0.5) is 0 Å². The molecule has 1 aliphatic heterocycles. The SMILES string of the molecule is CC(C)CCC[C@@H](C)[C@H]1CC[C@H]2[C@@H]3CC[C@]45O[C@H]4C(=O)C=C[C@]5(C)[C@H]3CC[C@]12C. The predicted octanol–water partition coefficient (Wildman–Crippen LogP) is 6.58. The first kappa shape index (κ1) is 20.3. The molecule has 9 atom stereocenters. The van der Waals surface area contributed by atoms with Crippen molar-refractivity contribution in [2.24, 2.45) is 46.3 Å². The quantitative estimate of drug-likeness (QED) is 0.489. The van der Waals surface area contributed by atoms with Gasteiger partial charge >= 0.3 is 0 Å². The van der Waals surface area contributed by atoms with E-state index < -0.39 is 0 Å². The lowest BCUT2D eigenvalue weighted by atomic mass is 9.45. The summed E-state index contributed by atoms with van der Waals surface area (Å²) in [6.07, 6.45) is 16.2. The third-order valence-corrected chi connectivity index (χ3v) is 10.7. The second kappa shape index (κ2) is 6.68. The van der Waals surface area contributed by atoms with Gasteiger partial charge < -0.3 is 4.74 Å². The highest BCUT2D eigenvalue weighted by atomic mass is 16.6. The molecule has 0 aromatic carbocycles. The summed E-state index contributed by atoms with van der Waals surface area (Å²) in [5.74, 6) is 5.27. The van der Waals surface area contributed by atoms with Crippen LogP contribution in [0.5, 0.6) is 0 Å². The summed E-state index contributed by atoms with van der Waals surface area (Å²) in [5, 5.41) is 0. The number of hydrogen-bond acceptors (Lipinski definition) is 2. The van der Waals surface area contributed by atoms with Crippen molar-refractivity contribution in [2.75, 3.05) is 0 Å². The molecule has 5 rings (SSSR count). The molecule has 0 N–H and O–H groups in total. The summed E-state index contributed by atoms with van der Waals surface area (Å²) < 4.78 is 6.18. The smallest absolute Gasteiger partial charge is 0.187 e. The molecule has 2 nitrogen and oxygen atoms in total. The van der Waals surface area contributed by atoms with E-state index in [4.69, 9.17) is 4.74 Å². The van der Waals surface area contributed by atoms with Crippen molar-refractivity contribution < 1.29 is 9.53 Å². The minimum Gasteiger partial charge on any atom is -0.356 e. The van der Waals surface area contributed by atoms with Crippen LogP contribution in [-0.4, -0.2) is 17.5 Å².